The topological polar surface area (TPSA) is 12.0 Å². The van der Waals surface area contributed by atoms with Crippen molar-refractivity contribution in [2.24, 2.45) is 23.7 Å². The second-order valence-corrected chi connectivity index (χ2v) is 6.93. The molecule has 0 aliphatic carbocycles. The Balaban J connectivity index is 3.08. The third kappa shape index (κ3) is 5.04. The van der Waals surface area contributed by atoms with E-state index in [0.717, 1.165) is 11.8 Å². The molecule has 0 radical (unpaired) electrons. The molecule has 1 N–H and O–H groups in total. The molecule has 19 heavy (non-hydrogen) atoms. The molecule has 1 nitrogen and oxygen atoms in total. The zero-order valence-corrected chi connectivity index (χ0v) is 13.8. The summed E-state index contributed by atoms with van der Waals surface area (Å²) in [5.41, 5.74) is 3.10. The van der Waals surface area contributed by atoms with Crippen molar-refractivity contribution in [2.45, 2.75) is 67.2 Å². The van der Waals surface area contributed by atoms with Crippen molar-refractivity contribution in [3.63, 3.8) is 0 Å². The van der Waals surface area contributed by atoms with E-state index in [-0.39, 0.29) is 0 Å². The van der Waals surface area contributed by atoms with Crippen molar-refractivity contribution in [1.29, 1.82) is 0 Å². The molecule has 0 saturated carbocycles. The highest BCUT2D eigenvalue weighted by atomic mass is 14.9. The molecule has 1 heteroatoms. The quantitative estimate of drug-likeness (QED) is 0.708. The van der Waals surface area contributed by atoms with E-state index in [1.807, 2.05) is 0 Å². The molecular weight excluding hydrogens is 230 g/mol. The van der Waals surface area contributed by atoms with Crippen molar-refractivity contribution in [3.05, 3.63) is 23.5 Å². The van der Waals surface area contributed by atoms with E-state index in [9.17, 15) is 0 Å². The predicted octanol–water partition coefficient (Wildman–Crippen LogP) is 5.50. The van der Waals surface area contributed by atoms with Crippen LogP contribution in [0.2, 0.25) is 0 Å². The molecule has 0 bridgehead atoms. The van der Waals surface area contributed by atoms with Gasteiger partial charge in [0.15, 0.2) is 0 Å². The summed E-state index contributed by atoms with van der Waals surface area (Å²) in [7, 11) is 0. The van der Waals surface area contributed by atoms with Crippen molar-refractivity contribution < 1.29 is 0 Å². The van der Waals surface area contributed by atoms with E-state index < -0.39 is 0 Å². The highest BCUT2D eigenvalue weighted by molar-refractivity contribution is 5.19. The molecular formula is C18H33N. The molecule has 0 aromatic carbocycles. The minimum Gasteiger partial charge on any atom is -0.365 e. The summed E-state index contributed by atoms with van der Waals surface area (Å²) < 4.78 is 0. The largest absolute Gasteiger partial charge is 0.365 e. The van der Waals surface area contributed by atoms with Crippen LogP contribution >= 0.6 is 0 Å². The molecule has 0 saturated heterocycles. The molecule has 0 aromatic rings. The van der Waals surface area contributed by atoms with E-state index in [0.29, 0.717) is 11.8 Å². The Morgan fingerprint density at radius 1 is 1.05 bits per heavy atom. The Bertz CT molecular complexity index is 321. The highest BCUT2D eigenvalue weighted by Gasteiger charge is 2.21. The predicted molar refractivity (Wildman–Crippen MR) is 85.8 cm³/mol. The van der Waals surface area contributed by atoms with Crippen molar-refractivity contribution in [3.8, 4) is 0 Å². The number of hydrogen-bond donors (Lipinski definition) is 1. The average Bonchev–Trinajstić information content (AvgIpc) is 2.33. The van der Waals surface area contributed by atoms with Crippen LogP contribution < -0.4 is 5.32 Å². The molecule has 0 spiro atoms. The summed E-state index contributed by atoms with van der Waals surface area (Å²) in [6, 6.07) is 0. The van der Waals surface area contributed by atoms with E-state index >= 15 is 0 Å². The molecule has 1 aliphatic heterocycles. The van der Waals surface area contributed by atoms with Gasteiger partial charge in [0.25, 0.3) is 0 Å². The summed E-state index contributed by atoms with van der Waals surface area (Å²) >= 11 is 0. The van der Waals surface area contributed by atoms with Crippen LogP contribution in [0, 0.1) is 23.7 Å². The molecule has 1 rings (SSSR count). The summed E-state index contributed by atoms with van der Waals surface area (Å²) in [6.45, 7) is 14.0. The minimum absolute atomic E-state index is 0.578. The van der Waals surface area contributed by atoms with Gasteiger partial charge in [-0.15, -0.1) is 0 Å². The van der Waals surface area contributed by atoms with Gasteiger partial charge in [0, 0.05) is 5.70 Å². The number of allylic oxidation sites excluding steroid dienone is 3. The summed E-state index contributed by atoms with van der Waals surface area (Å²) in [4.78, 5) is 0. The fourth-order valence-electron chi connectivity index (χ4n) is 2.97. The van der Waals surface area contributed by atoms with Crippen LogP contribution in [0.25, 0.3) is 0 Å². The molecule has 1 heterocycles. The maximum Gasteiger partial charge on any atom is 0.0167 e. The van der Waals surface area contributed by atoms with Gasteiger partial charge in [-0.3, -0.25) is 0 Å². The lowest BCUT2D eigenvalue weighted by atomic mass is 9.80. The number of hydrogen-bond acceptors (Lipinski definition) is 1. The molecule has 0 aromatic heterocycles. The van der Waals surface area contributed by atoms with Crippen LogP contribution in [0.4, 0.5) is 0 Å². The number of nitrogens with one attached hydrogen (secondary N) is 1. The molecule has 0 amide bonds. The summed E-state index contributed by atoms with van der Waals surface area (Å²) in [5, 5.41) is 3.58. The van der Waals surface area contributed by atoms with E-state index in [1.165, 1.54) is 31.4 Å². The van der Waals surface area contributed by atoms with E-state index in [1.54, 1.807) is 5.57 Å². The Morgan fingerprint density at radius 3 is 2.26 bits per heavy atom. The lowest BCUT2D eigenvalue weighted by Gasteiger charge is -2.28. The third-order valence-electron chi connectivity index (χ3n) is 4.35. The third-order valence-corrected chi connectivity index (χ3v) is 4.35. The SMILES string of the molecule is CC(C)/C1=C(\C(C)C)N/C=C\CCCC(C(C)C)C1. The first-order chi connectivity index (χ1) is 8.93. The van der Waals surface area contributed by atoms with Crippen molar-refractivity contribution >= 4 is 0 Å². The maximum atomic E-state index is 3.58. The van der Waals surface area contributed by atoms with Crippen LogP contribution in [0.3, 0.4) is 0 Å². The fourth-order valence-corrected chi connectivity index (χ4v) is 2.97. The fraction of sp³-hybridized carbons (Fsp3) is 0.778. The van der Waals surface area contributed by atoms with E-state index in [2.05, 4.69) is 59.1 Å². The first-order valence-electron chi connectivity index (χ1n) is 8.08. The lowest BCUT2D eigenvalue weighted by Crippen LogP contribution is -2.20. The van der Waals surface area contributed by atoms with E-state index in [4.69, 9.17) is 0 Å². The second-order valence-electron chi connectivity index (χ2n) is 6.93. The molecule has 1 unspecified atom stereocenters. The highest BCUT2D eigenvalue weighted by Crippen LogP contribution is 2.32. The van der Waals surface area contributed by atoms with Crippen molar-refractivity contribution in [1.82, 2.24) is 5.32 Å². The van der Waals surface area contributed by atoms with Gasteiger partial charge in [0.05, 0.1) is 0 Å². The summed E-state index contributed by atoms with van der Waals surface area (Å²) in [6.07, 6.45) is 9.62. The smallest absolute Gasteiger partial charge is 0.0167 e. The molecule has 1 atom stereocenters. The van der Waals surface area contributed by atoms with Gasteiger partial charge in [-0.2, -0.15) is 0 Å². The molecule has 1 aliphatic rings. The first-order valence-corrected chi connectivity index (χ1v) is 8.08. The van der Waals surface area contributed by atoms with Gasteiger partial charge in [-0.1, -0.05) is 47.6 Å². The van der Waals surface area contributed by atoms with Gasteiger partial charge in [0.1, 0.15) is 0 Å². The Labute approximate surface area is 120 Å². The standard InChI is InChI=1S/C18H33N/c1-13(2)16-10-8-7-9-11-19-18(15(5)6)17(12-16)14(3)4/h9,11,13-16,19H,7-8,10,12H2,1-6H3/b11-9-,18-17+. The van der Waals surface area contributed by atoms with Crippen LogP contribution in [0.1, 0.15) is 67.2 Å². The number of rotatable bonds is 3. The van der Waals surface area contributed by atoms with Crippen molar-refractivity contribution in [2.75, 3.05) is 0 Å². The van der Waals surface area contributed by atoms with Gasteiger partial charge in [-0.05, 0) is 61.1 Å². The van der Waals surface area contributed by atoms with Gasteiger partial charge in [0.2, 0.25) is 0 Å². The van der Waals surface area contributed by atoms with Crippen LogP contribution in [0.5, 0.6) is 0 Å². The maximum absolute atomic E-state index is 3.58. The monoisotopic (exact) mass is 263 g/mol. The van der Waals surface area contributed by atoms with Crippen LogP contribution in [-0.4, -0.2) is 0 Å². The Kier molecular flexibility index (Phi) is 6.68. The zero-order chi connectivity index (χ0) is 14.4. The summed E-state index contributed by atoms with van der Waals surface area (Å²) in [5.74, 6) is 2.83. The average molecular weight is 263 g/mol. The first kappa shape index (κ1) is 16.3. The molecule has 110 valence electrons. The van der Waals surface area contributed by atoms with Gasteiger partial charge in [-0.25, -0.2) is 0 Å². The second kappa shape index (κ2) is 7.77. The van der Waals surface area contributed by atoms with Crippen LogP contribution in [-0.2, 0) is 0 Å². The van der Waals surface area contributed by atoms with Gasteiger partial charge >= 0.3 is 0 Å². The molecule has 0 fully saturated rings. The van der Waals surface area contributed by atoms with Crippen LogP contribution in [0.15, 0.2) is 23.5 Å². The minimum atomic E-state index is 0.578. The zero-order valence-electron chi connectivity index (χ0n) is 13.8. The lowest BCUT2D eigenvalue weighted by molar-refractivity contribution is 0.337. The normalized spacial score (nSPS) is 27.7. The van der Waals surface area contributed by atoms with Gasteiger partial charge < -0.3 is 5.32 Å². The Hall–Kier alpha value is -0.720. The Morgan fingerprint density at radius 2 is 1.74 bits per heavy atom.